The molecule has 0 rings (SSSR count). The summed E-state index contributed by atoms with van der Waals surface area (Å²) in [5.41, 5.74) is 3.51. The van der Waals surface area contributed by atoms with Crippen LogP contribution in [0.1, 0.15) is 27.7 Å². The maximum absolute atomic E-state index is 9.92. The van der Waals surface area contributed by atoms with E-state index in [0.717, 1.165) is 5.57 Å². The standard InChI is InChI=1S/C15H21NO/c1-13(2)7-5-8-14(3)9-6-10-15(4)11-12-16-17/h5-11H,12H2,1-4H3/b8-5+,10-6?,14-9+,15-11?. The lowest BCUT2D eigenvalue weighted by molar-refractivity contribution is 1.20. The fraction of sp³-hybridized carbons (Fsp3) is 0.333. The summed E-state index contributed by atoms with van der Waals surface area (Å²) in [5.74, 6) is 0. The zero-order valence-electron chi connectivity index (χ0n) is 11.1. The number of rotatable bonds is 6. The van der Waals surface area contributed by atoms with E-state index >= 15 is 0 Å². The Morgan fingerprint density at radius 1 is 0.941 bits per heavy atom. The maximum Gasteiger partial charge on any atom is 0.0997 e. The van der Waals surface area contributed by atoms with Gasteiger partial charge in [-0.1, -0.05) is 64.4 Å². The first kappa shape index (κ1) is 15.3. The third-order valence-electron chi connectivity index (χ3n) is 1.99. The van der Waals surface area contributed by atoms with Crippen LogP contribution in [0.5, 0.6) is 0 Å². The highest BCUT2D eigenvalue weighted by Crippen LogP contribution is 2.00. The quantitative estimate of drug-likeness (QED) is 0.480. The summed E-state index contributed by atoms with van der Waals surface area (Å²) in [5, 5.41) is 2.78. The minimum atomic E-state index is 0.235. The van der Waals surface area contributed by atoms with Crippen molar-refractivity contribution >= 4 is 0 Å². The molecule has 0 fully saturated rings. The van der Waals surface area contributed by atoms with Gasteiger partial charge in [0, 0.05) is 0 Å². The van der Waals surface area contributed by atoms with Crippen molar-refractivity contribution in [2.24, 2.45) is 5.18 Å². The third kappa shape index (κ3) is 10.6. The molecule has 17 heavy (non-hydrogen) atoms. The molecule has 0 saturated carbocycles. The van der Waals surface area contributed by atoms with Crippen LogP contribution in [0.2, 0.25) is 0 Å². The molecule has 2 nitrogen and oxygen atoms in total. The Bertz CT molecular complexity index is 378. The van der Waals surface area contributed by atoms with E-state index in [4.69, 9.17) is 0 Å². The van der Waals surface area contributed by atoms with Gasteiger partial charge in [0.05, 0.1) is 6.54 Å². The van der Waals surface area contributed by atoms with Gasteiger partial charge in [0.2, 0.25) is 0 Å². The fourth-order valence-electron chi connectivity index (χ4n) is 1.05. The molecule has 0 aromatic heterocycles. The molecule has 0 heterocycles. The van der Waals surface area contributed by atoms with E-state index < -0.39 is 0 Å². The molecule has 0 saturated heterocycles. The largest absolute Gasteiger partial charge is 0.150 e. The molecule has 0 aromatic carbocycles. The van der Waals surface area contributed by atoms with Gasteiger partial charge in [-0.05, 0) is 27.7 Å². The SMILES string of the molecule is CC(C)=C/C=C/C(C)=C/C=CC(C)=CCN=O. The summed E-state index contributed by atoms with van der Waals surface area (Å²) in [6.45, 7) is 8.37. The van der Waals surface area contributed by atoms with E-state index in [9.17, 15) is 4.91 Å². The Labute approximate surface area is 104 Å². The van der Waals surface area contributed by atoms with Crippen molar-refractivity contribution in [3.05, 3.63) is 64.2 Å². The lowest BCUT2D eigenvalue weighted by atomic mass is 10.2. The number of nitroso groups, excluding NO2 is 1. The second kappa shape index (κ2) is 9.52. The number of allylic oxidation sites excluding steroid dienone is 9. The summed E-state index contributed by atoms with van der Waals surface area (Å²) in [6.07, 6.45) is 13.9. The predicted octanol–water partition coefficient (Wildman–Crippen LogP) is 4.72. The first-order chi connectivity index (χ1) is 8.06. The molecule has 0 atom stereocenters. The van der Waals surface area contributed by atoms with Crippen molar-refractivity contribution in [3.8, 4) is 0 Å². The van der Waals surface area contributed by atoms with Gasteiger partial charge in [-0.25, -0.2) is 0 Å². The highest BCUT2D eigenvalue weighted by molar-refractivity contribution is 5.28. The van der Waals surface area contributed by atoms with Crippen LogP contribution in [0.3, 0.4) is 0 Å². The normalized spacial score (nSPS) is 13.4. The second-order valence-corrected chi connectivity index (χ2v) is 4.13. The van der Waals surface area contributed by atoms with E-state index in [2.05, 4.69) is 31.2 Å². The molecule has 0 aliphatic heterocycles. The molecule has 0 aromatic rings. The monoisotopic (exact) mass is 231 g/mol. The van der Waals surface area contributed by atoms with Gasteiger partial charge in [-0.15, -0.1) is 0 Å². The zero-order valence-corrected chi connectivity index (χ0v) is 11.1. The van der Waals surface area contributed by atoms with Crippen LogP contribution < -0.4 is 0 Å². The minimum Gasteiger partial charge on any atom is -0.150 e. The molecule has 0 N–H and O–H groups in total. The Morgan fingerprint density at radius 2 is 1.53 bits per heavy atom. The molecule has 0 bridgehead atoms. The molecule has 0 spiro atoms. The molecule has 0 aliphatic rings. The van der Waals surface area contributed by atoms with E-state index in [1.165, 1.54) is 11.1 Å². The first-order valence-corrected chi connectivity index (χ1v) is 5.68. The first-order valence-electron chi connectivity index (χ1n) is 5.68. The van der Waals surface area contributed by atoms with Crippen molar-refractivity contribution in [2.75, 3.05) is 6.54 Å². The smallest absolute Gasteiger partial charge is 0.0997 e. The molecule has 0 amide bonds. The van der Waals surface area contributed by atoms with E-state index in [0.29, 0.717) is 0 Å². The van der Waals surface area contributed by atoms with Gasteiger partial charge >= 0.3 is 0 Å². The average Bonchev–Trinajstić information content (AvgIpc) is 2.25. The Hall–Kier alpha value is -1.70. The van der Waals surface area contributed by atoms with Gasteiger partial charge in [0.25, 0.3) is 0 Å². The zero-order chi connectivity index (χ0) is 13.1. The fourth-order valence-corrected chi connectivity index (χ4v) is 1.05. The number of hydrogen-bond acceptors (Lipinski definition) is 2. The van der Waals surface area contributed by atoms with Crippen LogP contribution in [0.25, 0.3) is 0 Å². The van der Waals surface area contributed by atoms with Crippen molar-refractivity contribution in [2.45, 2.75) is 27.7 Å². The molecule has 0 unspecified atom stereocenters. The molecule has 0 aliphatic carbocycles. The highest BCUT2D eigenvalue weighted by Gasteiger charge is 1.81. The van der Waals surface area contributed by atoms with Gasteiger partial charge in [-0.3, -0.25) is 0 Å². The van der Waals surface area contributed by atoms with Crippen LogP contribution in [-0.4, -0.2) is 6.54 Å². The maximum atomic E-state index is 9.92. The van der Waals surface area contributed by atoms with Crippen LogP contribution in [0.15, 0.2) is 64.4 Å². The van der Waals surface area contributed by atoms with E-state index in [1.54, 1.807) is 6.08 Å². The van der Waals surface area contributed by atoms with Gasteiger partial charge in [0.15, 0.2) is 0 Å². The Balaban J connectivity index is 4.32. The highest BCUT2D eigenvalue weighted by atomic mass is 16.3. The van der Waals surface area contributed by atoms with Gasteiger partial charge in [0.1, 0.15) is 0 Å². The van der Waals surface area contributed by atoms with Crippen molar-refractivity contribution in [3.63, 3.8) is 0 Å². The van der Waals surface area contributed by atoms with Gasteiger partial charge in [-0.2, -0.15) is 4.91 Å². The van der Waals surface area contributed by atoms with Crippen LogP contribution >= 0.6 is 0 Å². The molecule has 2 heteroatoms. The summed E-state index contributed by atoms with van der Waals surface area (Å²) in [7, 11) is 0. The number of hydrogen-bond donors (Lipinski definition) is 0. The Kier molecular flexibility index (Phi) is 8.57. The second-order valence-electron chi connectivity index (χ2n) is 4.13. The summed E-state index contributed by atoms with van der Waals surface area (Å²) in [6, 6.07) is 0. The van der Waals surface area contributed by atoms with Crippen molar-refractivity contribution < 1.29 is 0 Å². The van der Waals surface area contributed by atoms with E-state index in [1.807, 2.05) is 38.2 Å². The van der Waals surface area contributed by atoms with Crippen molar-refractivity contribution in [1.82, 2.24) is 0 Å². The molecular weight excluding hydrogens is 210 g/mol. The number of nitrogens with zero attached hydrogens (tertiary/aromatic N) is 1. The average molecular weight is 231 g/mol. The Morgan fingerprint density at radius 3 is 2.12 bits per heavy atom. The lowest BCUT2D eigenvalue weighted by Crippen LogP contribution is -1.73. The lowest BCUT2D eigenvalue weighted by Gasteiger charge is -1.90. The topological polar surface area (TPSA) is 29.4 Å². The van der Waals surface area contributed by atoms with Gasteiger partial charge < -0.3 is 0 Å². The van der Waals surface area contributed by atoms with E-state index in [-0.39, 0.29) is 6.54 Å². The third-order valence-corrected chi connectivity index (χ3v) is 1.99. The predicted molar refractivity (Wildman–Crippen MR) is 75.9 cm³/mol. The molecule has 0 radical (unpaired) electrons. The molecular formula is C15H21NO. The van der Waals surface area contributed by atoms with Crippen LogP contribution in [-0.2, 0) is 0 Å². The molecule has 92 valence electrons. The van der Waals surface area contributed by atoms with Crippen LogP contribution in [0.4, 0.5) is 0 Å². The summed E-state index contributed by atoms with van der Waals surface area (Å²) in [4.78, 5) is 9.92. The van der Waals surface area contributed by atoms with Crippen molar-refractivity contribution in [1.29, 1.82) is 0 Å². The minimum absolute atomic E-state index is 0.235. The van der Waals surface area contributed by atoms with Crippen LogP contribution in [0, 0.1) is 4.91 Å². The summed E-state index contributed by atoms with van der Waals surface area (Å²) < 4.78 is 0. The summed E-state index contributed by atoms with van der Waals surface area (Å²) >= 11 is 0.